The molecule has 18 heavy (non-hydrogen) atoms. The van der Waals surface area contributed by atoms with Crippen LogP contribution >= 0.6 is 0 Å². The van der Waals surface area contributed by atoms with E-state index in [1.807, 2.05) is 0 Å². The van der Waals surface area contributed by atoms with Gasteiger partial charge >= 0.3 is 5.97 Å². The number of esters is 1. The van der Waals surface area contributed by atoms with Gasteiger partial charge in [-0.3, -0.25) is 0 Å². The first-order valence-corrected chi connectivity index (χ1v) is 5.61. The Bertz CT molecular complexity index is 578. The minimum Gasteiger partial charge on any atom is -0.462 e. The Morgan fingerprint density at radius 2 is 2.28 bits per heavy atom. The Hall–Kier alpha value is -2.17. The summed E-state index contributed by atoms with van der Waals surface area (Å²) in [5.41, 5.74) is 1.59. The van der Waals surface area contributed by atoms with Gasteiger partial charge in [0.2, 0.25) is 0 Å². The normalized spacial score (nSPS) is 10.4. The van der Waals surface area contributed by atoms with Crippen molar-refractivity contribution in [2.75, 3.05) is 6.61 Å². The smallest absolute Gasteiger partial charge is 0.341 e. The molecule has 0 saturated heterocycles. The Balaban J connectivity index is 2.39. The van der Waals surface area contributed by atoms with Crippen LogP contribution in [0.15, 0.2) is 30.5 Å². The van der Waals surface area contributed by atoms with Crippen molar-refractivity contribution in [2.24, 2.45) is 0 Å². The molecule has 2 rings (SSSR count). The molecule has 0 fully saturated rings. The van der Waals surface area contributed by atoms with Crippen molar-refractivity contribution in [2.45, 2.75) is 13.8 Å². The molecule has 2 aromatic rings. The van der Waals surface area contributed by atoms with Gasteiger partial charge in [0.15, 0.2) is 0 Å². The summed E-state index contributed by atoms with van der Waals surface area (Å²) in [5, 5.41) is 4.08. The van der Waals surface area contributed by atoms with Gasteiger partial charge in [-0.15, -0.1) is 0 Å². The topological polar surface area (TPSA) is 44.1 Å². The molecule has 0 aliphatic rings. The number of aromatic nitrogens is 2. The van der Waals surface area contributed by atoms with Crippen molar-refractivity contribution in [3.05, 3.63) is 47.5 Å². The van der Waals surface area contributed by atoms with Crippen LogP contribution in [0.2, 0.25) is 0 Å². The third-order valence-electron chi connectivity index (χ3n) is 2.56. The highest BCUT2D eigenvalue weighted by atomic mass is 19.1. The second kappa shape index (κ2) is 5.00. The molecule has 0 unspecified atom stereocenters. The Labute approximate surface area is 104 Å². The van der Waals surface area contributed by atoms with Gasteiger partial charge in [0.1, 0.15) is 11.4 Å². The van der Waals surface area contributed by atoms with Crippen molar-refractivity contribution < 1.29 is 13.9 Å². The van der Waals surface area contributed by atoms with Gasteiger partial charge in [-0.2, -0.15) is 5.10 Å². The second-order valence-electron chi connectivity index (χ2n) is 3.76. The van der Waals surface area contributed by atoms with Crippen LogP contribution in [0.4, 0.5) is 4.39 Å². The van der Waals surface area contributed by atoms with E-state index in [1.54, 1.807) is 26.0 Å². The summed E-state index contributed by atoms with van der Waals surface area (Å²) >= 11 is 0. The lowest BCUT2D eigenvalue weighted by Gasteiger charge is -2.05. The largest absolute Gasteiger partial charge is 0.462 e. The highest BCUT2D eigenvalue weighted by Gasteiger charge is 2.15. The number of halogens is 1. The zero-order valence-corrected chi connectivity index (χ0v) is 10.2. The number of hydrogen-bond donors (Lipinski definition) is 0. The van der Waals surface area contributed by atoms with Crippen LogP contribution in [0.5, 0.6) is 0 Å². The van der Waals surface area contributed by atoms with Crippen LogP contribution in [0.25, 0.3) is 5.69 Å². The SMILES string of the molecule is CCOC(=O)c1cnn(-c2cccc(F)c2)c1C. The molecule has 0 aliphatic carbocycles. The standard InChI is InChI=1S/C13H13FN2O2/c1-3-18-13(17)12-8-15-16(9(12)2)11-6-4-5-10(14)7-11/h4-8H,3H2,1-2H3. The van der Waals surface area contributed by atoms with E-state index in [1.165, 1.54) is 23.0 Å². The molecule has 0 N–H and O–H groups in total. The minimum atomic E-state index is -0.419. The fraction of sp³-hybridized carbons (Fsp3) is 0.231. The van der Waals surface area contributed by atoms with Gasteiger partial charge in [0, 0.05) is 0 Å². The maximum atomic E-state index is 13.1. The average Bonchev–Trinajstić information content (AvgIpc) is 2.71. The third-order valence-corrected chi connectivity index (χ3v) is 2.56. The van der Waals surface area contributed by atoms with Gasteiger partial charge in [-0.05, 0) is 32.0 Å². The summed E-state index contributed by atoms with van der Waals surface area (Å²) in [4.78, 5) is 11.6. The summed E-state index contributed by atoms with van der Waals surface area (Å²) in [6, 6.07) is 6.03. The molecule has 0 radical (unpaired) electrons. The van der Waals surface area contributed by atoms with Gasteiger partial charge in [-0.25, -0.2) is 13.9 Å². The summed E-state index contributed by atoms with van der Waals surface area (Å²) < 4.78 is 19.6. The number of carbonyl (C=O) groups is 1. The molecular weight excluding hydrogens is 235 g/mol. The van der Waals surface area contributed by atoms with Gasteiger partial charge in [0.05, 0.1) is 24.2 Å². The Morgan fingerprint density at radius 3 is 2.94 bits per heavy atom. The van der Waals surface area contributed by atoms with E-state index >= 15 is 0 Å². The van der Waals surface area contributed by atoms with E-state index in [0.29, 0.717) is 23.6 Å². The molecule has 0 aliphatic heterocycles. The van der Waals surface area contributed by atoms with Crippen LogP contribution in [-0.4, -0.2) is 22.4 Å². The van der Waals surface area contributed by atoms with E-state index in [9.17, 15) is 9.18 Å². The molecule has 1 aromatic heterocycles. The maximum Gasteiger partial charge on any atom is 0.341 e. The third kappa shape index (κ3) is 2.25. The average molecular weight is 248 g/mol. The lowest BCUT2D eigenvalue weighted by molar-refractivity contribution is 0.0525. The van der Waals surface area contributed by atoms with Crippen LogP contribution in [-0.2, 0) is 4.74 Å². The molecule has 0 amide bonds. The molecular formula is C13H13FN2O2. The number of ether oxygens (including phenoxy) is 1. The molecule has 0 atom stereocenters. The molecule has 0 bridgehead atoms. The number of rotatable bonds is 3. The summed E-state index contributed by atoms with van der Waals surface area (Å²) in [5.74, 6) is -0.766. The predicted octanol–water partition coefficient (Wildman–Crippen LogP) is 2.50. The first kappa shape index (κ1) is 12.3. The molecule has 1 aromatic carbocycles. The minimum absolute atomic E-state index is 0.309. The molecule has 5 heteroatoms. The molecule has 1 heterocycles. The molecule has 0 saturated carbocycles. The highest BCUT2D eigenvalue weighted by Crippen LogP contribution is 2.15. The highest BCUT2D eigenvalue weighted by molar-refractivity contribution is 5.90. The van der Waals surface area contributed by atoms with Crippen LogP contribution in [0.3, 0.4) is 0 Å². The quantitative estimate of drug-likeness (QED) is 0.784. The van der Waals surface area contributed by atoms with E-state index < -0.39 is 5.97 Å². The number of hydrogen-bond acceptors (Lipinski definition) is 3. The fourth-order valence-corrected chi connectivity index (χ4v) is 1.69. The van der Waals surface area contributed by atoms with E-state index in [2.05, 4.69) is 5.10 Å². The van der Waals surface area contributed by atoms with Crippen molar-refractivity contribution in [3.8, 4) is 5.69 Å². The maximum absolute atomic E-state index is 13.1. The Kier molecular flexibility index (Phi) is 3.41. The predicted molar refractivity (Wildman–Crippen MR) is 64.2 cm³/mol. The van der Waals surface area contributed by atoms with Crippen LogP contribution in [0, 0.1) is 12.7 Å². The van der Waals surface area contributed by atoms with Gasteiger partial charge in [-0.1, -0.05) is 6.07 Å². The first-order chi connectivity index (χ1) is 8.63. The van der Waals surface area contributed by atoms with E-state index in [0.717, 1.165) is 0 Å². The zero-order valence-electron chi connectivity index (χ0n) is 10.2. The Morgan fingerprint density at radius 1 is 1.50 bits per heavy atom. The summed E-state index contributed by atoms with van der Waals surface area (Å²) in [6.07, 6.45) is 1.43. The fourth-order valence-electron chi connectivity index (χ4n) is 1.69. The lowest BCUT2D eigenvalue weighted by atomic mass is 10.2. The van der Waals surface area contributed by atoms with Crippen molar-refractivity contribution >= 4 is 5.97 Å². The first-order valence-electron chi connectivity index (χ1n) is 5.61. The number of benzene rings is 1. The number of nitrogens with zero attached hydrogens (tertiary/aromatic N) is 2. The molecule has 4 nitrogen and oxygen atoms in total. The second-order valence-corrected chi connectivity index (χ2v) is 3.76. The van der Waals surface area contributed by atoms with Crippen LogP contribution in [0.1, 0.15) is 23.0 Å². The van der Waals surface area contributed by atoms with E-state index in [4.69, 9.17) is 4.74 Å². The van der Waals surface area contributed by atoms with E-state index in [-0.39, 0.29) is 5.82 Å². The van der Waals surface area contributed by atoms with Crippen molar-refractivity contribution in [3.63, 3.8) is 0 Å². The molecule has 0 spiro atoms. The van der Waals surface area contributed by atoms with Gasteiger partial charge < -0.3 is 4.74 Å². The summed E-state index contributed by atoms with van der Waals surface area (Å²) in [7, 11) is 0. The number of carbonyl (C=O) groups excluding carboxylic acids is 1. The summed E-state index contributed by atoms with van der Waals surface area (Å²) in [6.45, 7) is 3.79. The zero-order chi connectivity index (χ0) is 13.1. The lowest BCUT2D eigenvalue weighted by Crippen LogP contribution is -2.07. The van der Waals surface area contributed by atoms with Crippen LogP contribution < -0.4 is 0 Å². The van der Waals surface area contributed by atoms with Crippen molar-refractivity contribution in [1.29, 1.82) is 0 Å². The van der Waals surface area contributed by atoms with Gasteiger partial charge in [0.25, 0.3) is 0 Å². The monoisotopic (exact) mass is 248 g/mol. The molecule has 94 valence electrons. The van der Waals surface area contributed by atoms with Crippen molar-refractivity contribution in [1.82, 2.24) is 9.78 Å².